The van der Waals surface area contributed by atoms with Gasteiger partial charge in [0.2, 0.25) is 0 Å². The van der Waals surface area contributed by atoms with Crippen LogP contribution in [0.3, 0.4) is 0 Å². The Kier molecular flexibility index (Phi) is 4.69. The molecule has 1 aliphatic heterocycles. The lowest BCUT2D eigenvalue weighted by Crippen LogP contribution is -2.38. The lowest BCUT2D eigenvalue weighted by molar-refractivity contribution is 0.209. The minimum atomic E-state index is -0.0434. The van der Waals surface area contributed by atoms with Crippen LogP contribution >= 0.6 is 0 Å². The topological polar surface area (TPSA) is 50.2 Å². The Morgan fingerprint density at radius 1 is 1.29 bits per heavy atom. The molecule has 0 spiro atoms. The van der Waals surface area contributed by atoms with E-state index in [2.05, 4.69) is 36.4 Å². The standard InChI is InChI=1S/C19H24N4O/c1-4-18-6-5-11-22(18)19(24)20-17-9-7-16(8-10-17)13-23-15(3)12-14(2)21-23/h5-10,12,18H,4,11,13H2,1-3H3,(H,20,24)/t18-/m1/s1. The maximum Gasteiger partial charge on any atom is 0.322 e. The molecule has 5 nitrogen and oxygen atoms in total. The third kappa shape index (κ3) is 3.50. The molecule has 0 aliphatic carbocycles. The van der Waals surface area contributed by atoms with Crippen LogP contribution in [0, 0.1) is 13.8 Å². The maximum absolute atomic E-state index is 12.4. The van der Waals surface area contributed by atoms with Crippen molar-refractivity contribution < 1.29 is 4.79 Å². The molecule has 2 amide bonds. The Balaban J connectivity index is 1.62. The fourth-order valence-electron chi connectivity index (χ4n) is 3.06. The number of nitrogens with zero attached hydrogens (tertiary/aromatic N) is 3. The van der Waals surface area contributed by atoms with E-state index in [9.17, 15) is 4.79 Å². The molecule has 1 atom stereocenters. The lowest BCUT2D eigenvalue weighted by atomic mass is 10.2. The fourth-order valence-corrected chi connectivity index (χ4v) is 3.06. The highest BCUT2D eigenvalue weighted by molar-refractivity contribution is 5.90. The summed E-state index contributed by atoms with van der Waals surface area (Å²) in [5.74, 6) is 0. The van der Waals surface area contributed by atoms with Gasteiger partial charge in [0, 0.05) is 17.9 Å². The van der Waals surface area contributed by atoms with Crippen LogP contribution in [0.15, 0.2) is 42.5 Å². The predicted molar refractivity (Wildman–Crippen MR) is 96.2 cm³/mol. The molecular formula is C19H24N4O. The van der Waals surface area contributed by atoms with Gasteiger partial charge in [0.25, 0.3) is 0 Å². The van der Waals surface area contributed by atoms with E-state index in [4.69, 9.17) is 0 Å². The highest BCUT2D eigenvalue weighted by Crippen LogP contribution is 2.17. The van der Waals surface area contributed by atoms with E-state index in [1.807, 2.05) is 46.8 Å². The lowest BCUT2D eigenvalue weighted by Gasteiger charge is -2.23. The Labute approximate surface area is 143 Å². The smallest absolute Gasteiger partial charge is 0.314 e. The van der Waals surface area contributed by atoms with Gasteiger partial charge in [-0.3, -0.25) is 4.68 Å². The van der Waals surface area contributed by atoms with Gasteiger partial charge in [0.05, 0.1) is 18.3 Å². The second-order valence-electron chi connectivity index (χ2n) is 6.27. The Hall–Kier alpha value is -2.56. The average Bonchev–Trinajstić information content (AvgIpc) is 3.15. The summed E-state index contributed by atoms with van der Waals surface area (Å²) in [6.07, 6.45) is 5.08. The van der Waals surface area contributed by atoms with Crippen molar-refractivity contribution in [2.24, 2.45) is 0 Å². The number of aromatic nitrogens is 2. The number of amides is 2. The summed E-state index contributed by atoms with van der Waals surface area (Å²) >= 11 is 0. The van der Waals surface area contributed by atoms with Crippen molar-refractivity contribution in [3.63, 3.8) is 0 Å². The van der Waals surface area contributed by atoms with Gasteiger partial charge in [-0.25, -0.2) is 4.79 Å². The molecule has 1 aliphatic rings. The number of nitrogens with one attached hydrogen (secondary N) is 1. The molecule has 2 heterocycles. The summed E-state index contributed by atoms with van der Waals surface area (Å²) in [4.78, 5) is 14.2. The first-order chi connectivity index (χ1) is 11.6. The fraction of sp³-hybridized carbons (Fsp3) is 0.368. The first kappa shape index (κ1) is 16.3. The van der Waals surface area contributed by atoms with Crippen LogP contribution in [0.1, 0.15) is 30.3 Å². The number of hydrogen-bond donors (Lipinski definition) is 1. The Bertz CT molecular complexity index is 745. The van der Waals surface area contributed by atoms with Crippen molar-refractivity contribution in [3.05, 3.63) is 59.4 Å². The molecule has 0 fully saturated rings. The summed E-state index contributed by atoms with van der Waals surface area (Å²) in [5, 5.41) is 7.46. The van der Waals surface area contributed by atoms with Crippen LogP contribution < -0.4 is 5.32 Å². The number of carbonyl (C=O) groups excluding carboxylic acids is 1. The van der Waals surface area contributed by atoms with Crippen molar-refractivity contribution >= 4 is 11.7 Å². The van der Waals surface area contributed by atoms with Crippen molar-refractivity contribution in [1.29, 1.82) is 0 Å². The minimum Gasteiger partial charge on any atom is -0.314 e. The molecule has 1 aromatic heterocycles. The number of urea groups is 1. The van der Waals surface area contributed by atoms with Crippen molar-refractivity contribution in [2.45, 2.75) is 39.8 Å². The van der Waals surface area contributed by atoms with E-state index in [0.29, 0.717) is 6.54 Å². The highest BCUT2D eigenvalue weighted by Gasteiger charge is 2.22. The van der Waals surface area contributed by atoms with Crippen molar-refractivity contribution in [3.8, 4) is 0 Å². The van der Waals surface area contributed by atoms with E-state index < -0.39 is 0 Å². The van der Waals surface area contributed by atoms with Gasteiger partial charge >= 0.3 is 6.03 Å². The molecular weight excluding hydrogens is 300 g/mol. The van der Waals surface area contributed by atoms with Gasteiger partial charge in [-0.2, -0.15) is 5.10 Å². The number of hydrogen-bond acceptors (Lipinski definition) is 2. The molecule has 0 unspecified atom stereocenters. The summed E-state index contributed by atoms with van der Waals surface area (Å²) < 4.78 is 1.99. The highest BCUT2D eigenvalue weighted by atomic mass is 16.2. The first-order valence-electron chi connectivity index (χ1n) is 8.41. The second-order valence-corrected chi connectivity index (χ2v) is 6.27. The summed E-state index contributed by atoms with van der Waals surface area (Å²) in [6.45, 7) is 7.57. The Morgan fingerprint density at radius 2 is 2.04 bits per heavy atom. The van der Waals surface area contributed by atoms with Crippen LogP contribution in [0.4, 0.5) is 10.5 Å². The van der Waals surface area contributed by atoms with Crippen LogP contribution in [-0.2, 0) is 6.54 Å². The molecule has 0 saturated heterocycles. The minimum absolute atomic E-state index is 0.0434. The van der Waals surface area contributed by atoms with E-state index in [1.165, 1.54) is 0 Å². The van der Waals surface area contributed by atoms with Crippen LogP contribution in [0.2, 0.25) is 0 Å². The first-order valence-corrected chi connectivity index (χ1v) is 8.41. The molecule has 0 saturated carbocycles. The molecule has 126 valence electrons. The molecule has 1 N–H and O–H groups in total. The summed E-state index contributed by atoms with van der Waals surface area (Å²) in [7, 11) is 0. The molecule has 5 heteroatoms. The number of anilines is 1. The zero-order valence-corrected chi connectivity index (χ0v) is 14.5. The number of carbonyl (C=O) groups is 1. The third-order valence-corrected chi connectivity index (χ3v) is 4.38. The second kappa shape index (κ2) is 6.91. The zero-order valence-electron chi connectivity index (χ0n) is 14.5. The Morgan fingerprint density at radius 3 is 2.67 bits per heavy atom. The number of aryl methyl sites for hydroxylation is 2. The summed E-state index contributed by atoms with van der Waals surface area (Å²) in [6, 6.07) is 10.2. The van der Waals surface area contributed by atoms with Gasteiger partial charge in [-0.1, -0.05) is 31.2 Å². The molecule has 3 rings (SSSR count). The van der Waals surface area contributed by atoms with Crippen LogP contribution in [-0.4, -0.2) is 33.3 Å². The SMILES string of the molecule is CC[C@@H]1C=CCN1C(=O)Nc1ccc(Cn2nc(C)cc2C)cc1. The maximum atomic E-state index is 12.4. The number of rotatable bonds is 4. The summed E-state index contributed by atoms with van der Waals surface area (Å²) in [5.41, 5.74) is 4.16. The molecule has 2 aromatic rings. The van der Waals surface area contributed by atoms with Gasteiger partial charge < -0.3 is 10.2 Å². The van der Waals surface area contributed by atoms with Crippen LogP contribution in [0.5, 0.6) is 0 Å². The molecule has 1 aromatic carbocycles. The quantitative estimate of drug-likeness (QED) is 0.871. The molecule has 24 heavy (non-hydrogen) atoms. The monoisotopic (exact) mass is 324 g/mol. The van der Waals surface area contributed by atoms with Gasteiger partial charge in [-0.15, -0.1) is 0 Å². The third-order valence-electron chi connectivity index (χ3n) is 4.38. The molecule has 0 radical (unpaired) electrons. The van der Waals surface area contributed by atoms with Gasteiger partial charge in [0.15, 0.2) is 0 Å². The predicted octanol–water partition coefficient (Wildman–Crippen LogP) is 3.73. The largest absolute Gasteiger partial charge is 0.322 e. The van der Waals surface area contributed by atoms with Gasteiger partial charge in [-0.05, 0) is 44.0 Å². The van der Waals surface area contributed by atoms with Crippen molar-refractivity contribution in [2.75, 3.05) is 11.9 Å². The van der Waals surface area contributed by atoms with Crippen molar-refractivity contribution in [1.82, 2.24) is 14.7 Å². The number of benzene rings is 1. The normalized spacial score (nSPS) is 16.6. The average molecular weight is 324 g/mol. The zero-order chi connectivity index (χ0) is 17.1. The van der Waals surface area contributed by atoms with E-state index in [0.717, 1.165) is 35.6 Å². The van der Waals surface area contributed by atoms with E-state index >= 15 is 0 Å². The van der Waals surface area contributed by atoms with Gasteiger partial charge in [0.1, 0.15) is 0 Å². The van der Waals surface area contributed by atoms with E-state index in [1.54, 1.807) is 0 Å². The van der Waals surface area contributed by atoms with Crippen LogP contribution in [0.25, 0.3) is 0 Å². The molecule has 0 bridgehead atoms. The van der Waals surface area contributed by atoms with E-state index in [-0.39, 0.29) is 12.1 Å².